The lowest BCUT2D eigenvalue weighted by Crippen LogP contribution is -2.25. The van der Waals surface area contributed by atoms with Crippen molar-refractivity contribution >= 4 is 5.82 Å². The van der Waals surface area contributed by atoms with Crippen LogP contribution in [-0.2, 0) is 11.3 Å². The smallest absolute Gasteiger partial charge is 0.156 e. The second-order valence-corrected chi connectivity index (χ2v) is 5.04. The molecule has 3 heterocycles. The number of methoxy groups -OCH3 is 1. The maximum atomic E-state index is 5.14. The number of aryl methyl sites for hydroxylation is 1. The van der Waals surface area contributed by atoms with Crippen molar-refractivity contribution in [2.45, 2.75) is 32.4 Å². The molecule has 1 N–H and O–H groups in total. The minimum atomic E-state index is 0.273. The Morgan fingerprint density at radius 3 is 3.10 bits per heavy atom. The molecule has 0 saturated carbocycles. The minimum absolute atomic E-state index is 0.273. The Labute approximate surface area is 118 Å². The lowest BCUT2D eigenvalue weighted by Gasteiger charge is -2.24. The van der Waals surface area contributed by atoms with Gasteiger partial charge in [-0.2, -0.15) is 0 Å². The highest BCUT2D eigenvalue weighted by atomic mass is 16.5. The van der Waals surface area contributed by atoms with Gasteiger partial charge in [0.2, 0.25) is 0 Å². The lowest BCUT2D eigenvalue weighted by atomic mass is 10.2. The second kappa shape index (κ2) is 5.58. The monoisotopic (exact) mass is 273 g/mol. The van der Waals surface area contributed by atoms with Crippen molar-refractivity contribution < 1.29 is 4.74 Å². The van der Waals surface area contributed by atoms with Gasteiger partial charge >= 0.3 is 0 Å². The fraction of sp³-hybridized carbons (Fsp3) is 0.500. The fourth-order valence-electron chi connectivity index (χ4n) is 2.74. The number of nitrogens with zero attached hydrogens (tertiary/aromatic N) is 4. The highest BCUT2D eigenvalue weighted by molar-refractivity contribution is 5.43. The largest absolute Gasteiger partial charge is 0.377 e. The number of H-pyrrole nitrogens is 1. The third kappa shape index (κ3) is 2.51. The van der Waals surface area contributed by atoms with E-state index in [1.165, 1.54) is 0 Å². The topological polar surface area (TPSA) is 66.9 Å². The van der Waals surface area contributed by atoms with Crippen molar-refractivity contribution in [2.75, 3.05) is 18.6 Å². The highest BCUT2D eigenvalue weighted by Crippen LogP contribution is 2.33. The summed E-state index contributed by atoms with van der Waals surface area (Å²) in [6, 6.07) is 2.30. The van der Waals surface area contributed by atoms with Crippen molar-refractivity contribution in [1.82, 2.24) is 19.9 Å². The Morgan fingerprint density at radius 1 is 1.45 bits per heavy atom. The minimum Gasteiger partial charge on any atom is -0.377 e. The number of hydrogen-bond donors (Lipinski definition) is 1. The van der Waals surface area contributed by atoms with Gasteiger partial charge in [-0.05, 0) is 19.8 Å². The maximum absolute atomic E-state index is 5.14. The predicted octanol–water partition coefficient (Wildman–Crippen LogP) is 2.00. The quantitative estimate of drug-likeness (QED) is 0.922. The van der Waals surface area contributed by atoms with E-state index in [9.17, 15) is 0 Å². The zero-order valence-corrected chi connectivity index (χ0v) is 11.8. The number of anilines is 1. The highest BCUT2D eigenvalue weighted by Gasteiger charge is 2.29. The first-order valence-electron chi connectivity index (χ1n) is 6.87. The van der Waals surface area contributed by atoms with Gasteiger partial charge in [0.1, 0.15) is 18.2 Å². The molecule has 0 amide bonds. The first kappa shape index (κ1) is 13.1. The van der Waals surface area contributed by atoms with Gasteiger partial charge in [0, 0.05) is 37.8 Å². The van der Waals surface area contributed by atoms with Gasteiger partial charge in [0.25, 0.3) is 0 Å². The van der Waals surface area contributed by atoms with Crippen molar-refractivity contribution in [3.63, 3.8) is 0 Å². The molecule has 2 aromatic heterocycles. The second-order valence-electron chi connectivity index (χ2n) is 5.04. The molecular formula is C14H19N5O. The van der Waals surface area contributed by atoms with Gasteiger partial charge in [-0.1, -0.05) is 0 Å². The van der Waals surface area contributed by atoms with E-state index in [4.69, 9.17) is 4.74 Å². The Bertz CT molecular complexity index is 569. The summed E-state index contributed by atoms with van der Waals surface area (Å²) < 4.78 is 5.14. The van der Waals surface area contributed by atoms with Gasteiger partial charge in [0.15, 0.2) is 5.82 Å². The molecule has 0 bridgehead atoms. The molecule has 0 spiro atoms. The summed E-state index contributed by atoms with van der Waals surface area (Å²) in [5, 5.41) is 0. The Kier molecular flexibility index (Phi) is 3.64. The molecular weight excluding hydrogens is 254 g/mol. The molecule has 6 nitrogen and oxygen atoms in total. The van der Waals surface area contributed by atoms with Crippen LogP contribution in [0.3, 0.4) is 0 Å². The van der Waals surface area contributed by atoms with Crippen molar-refractivity contribution in [3.05, 3.63) is 35.8 Å². The summed E-state index contributed by atoms with van der Waals surface area (Å²) in [5.74, 6) is 2.70. The molecule has 6 heteroatoms. The SMILES string of the molecule is COCc1nc(C)cc(N2CCCC2c2ncc[nH]2)n1. The van der Waals surface area contributed by atoms with Crippen LogP contribution >= 0.6 is 0 Å². The van der Waals surface area contributed by atoms with E-state index < -0.39 is 0 Å². The summed E-state index contributed by atoms with van der Waals surface area (Å²) in [6.07, 6.45) is 5.91. The molecule has 106 valence electrons. The molecule has 2 aromatic rings. The molecule has 0 aromatic carbocycles. The molecule has 3 rings (SSSR count). The number of ether oxygens (including phenoxy) is 1. The summed E-state index contributed by atoms with van der Waals surface area (Å²) in [4.78, 5) is 18.9. The summed E-state index contributed by atoms with van der Waals surface area (Å²) in [7, 11) is 1.66. The third-order valence-corrected chi connectivity index (χ3v) is 3.54. The van der Waals surface area contributed by atoms with E-state index in [1.807, 2.05) is 19.2 Å². The number of rotatable bonds is 4. The van der Waals surface area contributed by atoms with E-state index in [-0.39, 0.29) is 6.04 Å². The number of imidazole rings is 1. The molecule has 1 unspecified atom stereocenters. The van der Waals surface area contributed by atoms with Crippen LogP contribution in [0.2, 0.25) is 0 Å². The van der Waals surface area contributed by atoms with Gasteiger partial charge in [-0.25, -0.2) is 15.0 Å². The fourth-order valence-corrected chi connectivity index (χ4v) is 2.74. The average molecular weight is 273 g/mol. The first-order chi connectivity index (χ1) is 9.78. The summed E-state index contributed by atoms with van der Waals surface area (Å²) in [5.41, 5.74) is 0.965. The first-order valence-corrected chi connectivity index (χ1v) is 6.87. The zero-order chi connectivity index (χ0) is 13.9. The molecule has 20 heavy (non-hydrogen) atoms. The van der Waals surface area contributed by atoms with Crippen LogP contribution in [0.15, 0.2) is 18.5 Å². The van der Waals surface area contributed by atoms with Crippen LogP contribution in [0.5, 0.6) is 0 Å². The van der Waals surface area contributed by atoms with E-state index in [2.05, 4.69) is 24.8 Å². The standard InChI is InChI=1S/C14H19N5O/c1-10-8-13(18-12(17-10)9-20-2)19-7-3-4-11(19)14-15-5-6-16-14/h5-6,8,11H,3-4,7,9H2,1-2H3,(H,15,16). The Balaban J connectivity index is 1.91. The van der Waals surface area contributed by atoms with Crippen LogP contribution in [0.25, 0.3) is 0 Å². The molecule has 1 aliphatic rings. The van der Waals surface area contributed by atoms with Crippen molar-refractivity contribution in [3.8, 4) is 0 Å². The maximum Gasteiger partial charge on any atom is 0.156 e. The van der Waals surface area contributed by atoms with Gasteiger partial charge in [0.05, 0.1) is 6.04 Å². The van der Waals surface area contributed by atoms with Gasteiger partial charge < -0.3 is 14.6 Å². The van der Waals surface area contributed by atoms with Crippen LogP contribution in [-0.4, -0.2) is 33.6 Å². The Morgan fingerprint density at radius 2 is 2.35 bits per heavy atom. The number of aromatic nitrogens is 4. The normalized spacial score (nSPS) is 18.7. The third-order valence-electron chi connectivity index (χ3n) is 3.54. The van der Waals surface area contributed by atoms with Gasteiger partial charge in [-0.15, -0.1) is 0 Å². The molecule has 0 radical (unpaired) electrons. The average Bonchev–Trinajstić information content (AvgIpc) is 3.09. The van der Waals surface area contributed by atoms with E-state index in [0.717, 1.165) is 42.5 Å². The molecule has 1 atom stereocenters. The summed E-state index contributed by atoms with van der Waals surface area (Å²) >= 11 is 0. The number of hydrogen-bond acceptors (Lipinski definition) is 5. The molecule has 1 fully saturated rings. The molecule has 1 aliphatic heterocycles. The summed E-state index contributed by atoms with van der Waals surface area (Å²) in [6.45, 7) is 3.42. The predicted molar refractivity (Wildman–Crippen MR) is 75.4 cm³/mol. The van der Waals surface area contributed by atoms with Crippen LogP contribution in [0, 0.1) is 6.92 Å². The van der Waals surface area contributed by atoms with Crippen LogP contribution in [0.1, 0.15) is 36.2 Å². The van der Waals surface area contributed by atoms with Crippen molar-refractivity contribution in [2.24, 2.45) is 0 Å². The zero-order valence-electron chi connectivity index (χ0n) is 11.8. The van der Waals surface area contributed by atoms with E-state index >= 15 is 0 Å². The lowest BCUT2D eigenvalue weighted by molar-refractivity contribution is 0.177. The van der Waals surface area contributed by atoms with E-state index in [0.29, 0.717) is 6.61 Å². The number of aromatic amines is 1. The van der Waals surface area contributed by atoms with Gasteiger partial charge in [-0.3, -0.25) is 0 Å². The van der Waals surface area contributed by atoms with E-state index in [1.54, 1.807) is 13.3 Å². The number of nitrogens with one attached hydrogen (secondary N) is 1. The Hall–Kier alpha value is -1.95. The van der Waals surface area contributed by atoms with Crippen LogP contribution in [0.4, 0.5) is 5.82 Å². The van der Waals surface area contributed by atoms with Crippen molar-refractivity contribution in [1.29, 1.82) is 0 Å². The molecule has 1 saturated heterocycles. The molecule has 0 aliphatic carbocycles. The van der Waals surface area contributed by atoms with Crippen LogP contribution < -0.4 is 4.90 Å².